The molecule has 0 fully saturated rings. The van der Waals surface area contributed by atoms with E-state index in [2.05, 4.69) is 31.2 Å². The van der Waals surface area contributed by atoms with E-state index in [9.17, 15) is 0 Å². The Balaban J connectivity index is 2.20. The Bertz CT molecular complexity index is 291. The first-order valence-electron chi connectivity index (χ1n) is 5.22. The van der Waals surface area contributed by atoms with Gasteiger partial charge in [0.05, 0.1) is 6.61 Å². The molecule has 2 nitrogen and oxygen atoms in total. The number of rotatable bonds is 6. The van der Waals surface area contributed by atoms with Gasteiger partial charge in [0.2, 0.25) is 0 Å². The van der Waals surface area contributed by atoms with E-state index in [1.807, 2.05) is 11.8 Å². The molecule has 0 aromatic heterocycles. The van der Waals surface area contributed by atoms with E-state index < -0.39 is 0 Å². The monoisotopic (exact) mass is 225 g/mol. The zero-order chi connectivity index (χ0) is 11.1. The first kappa shape index (κ1) is 12.6. The summed E-state index contributed by atoms with van der Waals surface area (Å²) in [6.07, 6.45) is 0.882. The fourth-order valence-electron chi connectivity index (χ4n) is 1.32. The van der Waals surface area contributed by atoms with E-state index in [1.165, 1.54) is 11.1 Å². The molecule has 0 amide bonds. The second-order valence-electron chi connectivity index (χ2n) is 3.77. The van der Waals surface area contributed by atoms with Crippen LogP contribution < -0.4 is 5.73 Å². The van der Waals surface area contributed by atoms with Gasteiger partial charge in [-0.25, -0.2) is 0 Å². The third-order valence-electron chi connectivity index (χ3n) is 2.22. The highest BCUT2D eigenvalue weighted by molar-refractivity contribution is 7.98. The average Bonchev–Trinajstić information content (AvgIpc) is 2.24. The second kappa shape index (κ2) is 6.88. The van der Waals surface area contributed by atoms with Crippen LogP contribution in [0.15, 0.2) is 24.3 Å². The smallest absolute Gasteiger partial charge is 0.0582 e. The van der Waals surface area contributed by atoms with E-state index in [1.54, 1.807) is 0 Å². The van der Waals surface area contributed by atoms with Crippen LogP contribution in [0.5, 0.6) is 0 Å². The van der Waals surface area contributed by atoms with Crippen molar-refractivity contribution >= 4 is 11.8 Å². The molecule has 15 heavy (non-hydrogen) atoms. The maximum absolute atomic E-state index is 8.75. The topological polar surface area (TPSA) is 46.2 Å². The van der Waals surface area contributed by atoms with Crippen molar-refractivity contribution in [3.8, 4) is 0 Å². The zero-order valence-corrected chi connectivity index (χ0v) is 9.96. The summed E-state index contributed by atoms with van der Waals surface area (Å²) in [6.45, 7) is 2.20. The summed E-state index contributed by atoms with van der Waals surface area (Å²) in [5.74, 6) is 2.04. The van der Waals surface area contributed by atoms with Crippen molar-refractivity contribution in [2.45, 2.75) is 25.1 Å². The molecule has 1 unspecified atom stereocenters. The molecule has 3 heteroatoms. The third-order valence-corrected chi connectivity index (χ3v) is 3.28. The van der Waals surface area contributed by atoms with Gasteiger partial charge in [-0.3, -0.25) is 0 Å². The molecule has 1 aromatic rings. The largest absolute Gasteiger partial charge is 0.395 e. The Hall–Kier alpha value is -0.510. The van der Waals surface area contributed by atoms with Crippen molar-refractivity contribution < 1.29 is 5.11 Å². The number of nitrogens with two attached hydrogens (primary N) is 1. The lowest BCUT2D eigenvalue weighted by Crippen LogP contribution is -2.24. The molecule has 0 aliphatic rings. The summed E-state index contributed by atoms with van der Waals surface area (Å²) >= 11 is 1.87. The summed E-state index contributed by atoms with van der Waals surface area (Å²) in [7, 11) is 0. The summed E-state index contributed by atoms with van der Waals surface area (Å²) in [6, 6.07) is 8.49. The zero-order valence-electron chi connectivity index (χ0n) is 9.15. The van der Waals surface area contributed by atoms with Crippen LogP contribution in [0.25, 0.3) is 0 Å². The summed E-state index contributed by atoms with van der Waals surface area (Å²) in [5.41, 5.74) is 8.28. The van der Waals surface area contributed by atoms with E-state index in [0.717, 1.165) is 17.9 Å². The molecular weight excluding hydrogens is 206 g/mol. The van der Waals surface area contributed by atoms with Crippen LogP contribution in [0.3, 0.4) is 0 Å². The van der Waals surface area contributed by atoms with Gasteiger partial charge in [-0.05, 0) is 24.7 Å². The van der Waals surface area contributed by atoms with Gasteiger partial charge in [-0.15, -0.1) is 0 Å². The third kappa shape index (κ3) is 5.21. The lowest BCUT2D eigenvalue weighted by atomic mass is 10.2. The van der Waals surface area contributed by atoms with Crippen LogP contribution in [0.1, 0.15) is 17.5 Å². The van der Waals surface area contributed by atoms with E-state index in [4.69, 9.17) is 10.8 Å². The normalized spacial score (nSPS) is 12.7. The molecule has 3 N–H and O–H groups in total. The highest BCUT2D eigenvalue weighted by Gasteiger charge is 2.00. The van der Waals surface area contributed by atoms with Gasteiger partial charge in [0.1, 0.15) is 0 Å². The number of benzene rings is 1. The lowest BCUT2D eigenvalue weighted by Gasteiger charge is -2.07. The predicted molar refractivity (Wildman–Crippen MR) is 67.0 cm³/mol. The van der Waals surface area contributed by atoms with Crippen LogP contribution in [-0.2, 0) is 5.75 Å². The van der Waals surface area contributed by atoms with Gasteiger partial charge >= 0.3 is 0 Å². The molecule has 1 atom stereocenters. The van der Waals surface area contributed by atoms with Gasteiger partial charge in [-0.2, -0.15) is 11.8 Å². The van der Waals surface area contributed by atoms with E-state index in [-0.39, 0.29) is 12.6 Å². The van der Waals surface area contributed by atoms with Gasteiger partial charge in [0.15, 0.2) is 0 Å². The Morgan fingerprint density at radius 2 is 2.27 bits per heavy atom. The van der Waals surface area contributed by atoms with Crippen molar-refractivity contribution in [1.29, 1.82) is 0 Å². The molecule has 84 valence electrons. The van der Waals surface area contributed by atoms with Crippen molar-refractivity contribution in [2.75, 3.05) is 12.4 Å². The quantitative estimate of drug-likeness (QED) is 0.727. The van der Waals surface area contributed by atoms with Crippen molar-refractivity contribution in [2.24, 2.45) is 5.73 Å². The lowest BCUT2D eigenvalue weighted by molar-refractivity contribution is 0.264. The Labute approximate surface area is 95.9 Å². The van der Waals surface area contributed by atoms with Gasteiger partial charge < -0.3 is 10.8 Å². The molecule has 0 saturated heterocycles. The van der Waals surface area contributed by atoms with E-state index >= 15 is 0 Å². The maximum Gasteiger partial charge on any atom is 0.0582 e. The summed E-state index contributed by atoms with van der Waals surface area (Å²) < 4.78 is 0. The van der Waals surface area contributed by atoms with Gasteiger partial charge in [-0.1, -0.05) is 29.8 Å². The Morgan fingerprint density at radius 3 is 2.93 bits per heavy atom. The number of thioether (sulfide) groups is 1. The molecule has 0 heterocycles. The molecule has 0 bridgehead atoms. The molecule has 1 rings (SSSR count). The molecule has 1 aromatic carbocycles. The first-order chi connectivity index (χ1) is 7.22. The second-order valence-corrected chi connectivity index (χ2v) is 4.88. The van der Waals surface area contributed by atoms with Crippen molar-refractivity contribution in [1.82, 2.24) is 0 Å². The highest BCUT2D eigenvalue weighted by Crippen LogP contribution is 2.14. The van der Waals surface area contributed by atoms with Gasteiger partial charge in [0.25, 0.3) is 0 Å². The minimum atomic E-state index is -0.0602. The van der Waals surface area contributed by atoms with Crippen LogP contribution in [-0.4, -0.2) is 23.5 Å². The van der Waals surface area contributed by atoms with Crippen LogP contribution in [0, 0.1) is 6.92 Å². The summed E-state index contributed by atoms with van der Waals surface area (Å²) in [4.78, 5) is 0. The SMILES string of the molecule is Cc1cccc(CSCCC(N)CO)c1. The van der Waals surface area contributed by atoms with Crippen LogP contribution in [0.4, 0.5) is 0 Å². The standard InChI is InChI=1S/C12H19NOS/c1-10-3-2-4-11(7-10)9-15-6-5-12(13)8-14/h2-4,7,12,14H,5-6,8-9,13H2,1H3. The number of hydrogen-bond acceptors (Lipinski definition) is 3. The Kier molecular flexibility index (Phi) is 5.76. The fourth-order valence-corrected chi connectivity index (χ4v) is 2.35. The number of aliphatic hydroxyl groups is 1. The van der Waals surface area contributed by atoms with Crippen molar-refractivity contribution in [3.63, 3.8) is 0 Å². The highest BCUT2D eigenvalue weighted by atomic mass is 32.2. The summed E-state index contributed by atoms with van der Waals surface area (Å²) in [5, 5.41) is 8.75. The van der Waals surface area contributed by atoms with Crippen LogP contribution >= 0.6 is 11.8 Å². The minimum absolute atomic E-state index is 0.0602. The van der Waals surface area contributed by atoms with Crippen molar-refractivity contribution in [3.05, 3.63) is 35.4 Å². The molecule has 0 spiro atoms. The molecule has 0 radical (unpaired) electrons. The molecular formula is C12H19NOS. The fraction of sp³-hybridized carbons (Fsp3) is 0.500. The first-order valence-corrected chi connectivity index (χ1v) is 6.37. The Morgan fingerprint density at radius 1 is 1.47 bits per heavy atom. The minimum Gasteiger partial charge on any atom is -0.395 e. The predicted octanol–water partition coefficient (Wildman–Crippen LogP) is 1.94. The number of hydrogen-bond donors (Lipinski definition) is 2. The van der Waals surface area contributed by atoms with Crippen LogP contribution in [0.2, 0.25) is 0 Å². The molecule has 0 aliphatic heterocycles. The van der Waals surface area contributed by atoms with Gasteiger partial charge in [0, 0.05) is 11.8 Å². The molecule has 0 saturated carbocycles. The number of aliphatic hydroxyl groups excluding tert-OH is 1. The average molecular weight is 225 g/mol. The van der Waals surface area contributed by atoms with E-state index in [0.29, 0.717) is 0 Å². The molecule has 0 aliphatic carbocycles. The maximum atomic E-state index is 8.75. The number of aryl methyl sites for hydroxylation is 1.